The average molecular weight is 253 g/mol. The first-order chi connectivity index (χ1) is 8.13. The van der Waals surface area contributed by atoms with Gasteiger partial charge in [-0.25, -0.2) is 0 Å². The van der Waals surface area contributed by atoms with E-state index in [0.717, 1.165) is 11.3 Å². The third-order valence-corrected chi connectivity index (χ3v) is 2.91. The Kier molecular flexibility index (Phi) is 3.45. The average Bonchev–Trinajstić information content (AvgIpc) is 2.29. The molecule has 0 bridgehead atoms. The van der Waals surface area contributed by atoms with Crippen LogP contribution >= 0.6 is 11.6 Å². The maximum absolute atomic E-state index is 12.1. The normalized spacial score (nSPS) is 24.2. The van der Waals surface area contributed by atoms with Crippen molar-refractivity contribution in [2.24, 2.45) is 5.10 Å². The molecule has 1 aliphatic rings. The Labute approximate surface area is 105 Å². The van der Waals surface area contributed by atoms with Gasteiger partial charge < -0.3 is 4.74 Å². The number of carbonyl (C=O) groups is 1. The molecule has 1 amide bonds. The topological polar surface area (TPSA) is 41.9 Å². The highest BCUT2D eigenvalue weighted by Gasteiger charge is 2.34. The molecule has 1 aromatic rings. The summed E-state index contributed by atoms with van der Waals surface area (Å²) < 4.78 is 5.08. The first-order valence-corrected chi connectivity index (χ1v) is 5.68. The van der Waals surface area contributed by atoms with Crippen molar-refractivity contribution in [2.75, 3.05) is 12.1 Å². The molecule has 90 valence electrons. The van der Waals surface area contributed by atoms with Crippen LogP contribution in [0.1, 0.15) is 5.56 Å². The lowest BCUT2D eigenvalue weighted by Crippen LogP contribution is -2.46. The number of hydrogen-bond acceptors (Lipinski definition) is 3. The Morgan fingerprint density at radius 1 is 1.47 bits per heavy atom. The van der Waals surface area contributed by atoms with Crippen LogP contribution in [0.15, 0.2) is 29.4 Å². The Bertz CT molecular complexity index is 462. The standard InChI is InChI=1S/C12H13ClN2O2/c1-8-4-3-5-9(6-8)15-12(16)11(17-2)10(13)7-14-15/h3-7,10-11H,1-2H3. The van der Waals surface area contributed by atoms with Crippen molar-refractivity contribution in [1.82, 2.24) is 0 Å². The SMILES string of the molecule is COC1C(=O)N(c2cccc(C)c2)N=CC1Cl. The van der Waals surface area contributed by atoms with Gasteiger partial charge in [-0.2, -0.15) is 10.1 Å². The molecule has 0 aliphatic carbocycles. The number of carbonyl (C=O) groups excluding carboxylic acids is 1. The van der Waals surface area contributed by atoms with E-state index in [1.807, 2.05) is 31.2 Å². The predicted octanol–water partition coefficient (Wildman–Crippen LogP) is 1.95. The minimum atomic E-state index is -0.685. The molecule has 4 nitrogen and oxygen atoms in total. The lowest BCUT2D eigenvalue weighted by molar-refractivity contribution is -0.128. The van der Waals surface area contributed by atoms with E-state index in [1.54, 1.807) is 0 Å². The number of hydrogen-bond donors (Lipinski definition) is 0. The number of hydrazone groups is 1. The summed E-state index contributed by atoms with van der Waals surface area (Å²) in [7, 11) is 1.46. The number of aryl methyl sites for hydroxylation is 1. The molecular formula is C12H13ClN2O2. The van der Waals surface area contributed by atoms with Crippen molar-refractivity contribution in [3.63, 3.8) is 0 Å². The number of nitrogens with zero attached hydrogens (tertiary/aromatic N) is 2. The first kappa shape index (κ1) is 12.1. The summed E-state index contributed by atoms with van der Waals surface area (Å²) in [5.41, 5.74) is 1.78. The van der Waals surface area contributed by atoms with Crippen molar-refractivity contribution >= 4 is 29.4 Å². The number of ether oxygens (including phenoxy) is 1. The quantitative estimate of drug-likeness (QED) is 0.755. The second-order valence-corrected chi connectivity index (χ2v) is 4.36. The molecule has 0 fully saturated rings. The van der Waals surface area contributed by atoms with Gasteiger partial charge >= 0.3 is 0 Å². The van der Waals surface area contributed by atoms with Crippen molar-refractivity contribution in [3.05, 3.63) is 29.8 Å². The van der Waals surface area contributed by atoms with Crippen LogP contribution in [0.3, 0.4) is 0 Å². The molecule has 2 atom stereocenters. The zero-order valence-corrected chi connectivity index (χ0v) is 10.4. The smallest absolute Gasteiger partial charge is 0.278 e. The van der Waals surface area contributed by atoms with Crippen LogP contribution in [-0.4, -0.2) is 30.7 Å². The summed E-state index contributed by atoms with van der Waals surface area (Å²) in [4.78, 5) is 12.1. The lowest BCUT2D eigenvalue weighted by atomic mass is 10.1. The number of methoxy groups -OCH3 is 1. The molecule has 1 aliphatic heterocycles. The van der Waals surface area contributed by atoms with Crippen LogP contribution in [0, 0.1) is 6.92 Å². The minimum Gasteiger partial charge on any atom is -0.370 e. The molecule has 5 heteroatoms. The van der Waals surface area contributed by atoms with Gasteiger partial charge in [0.2, 0.25) is 0 Å². The van der Waals surface area contributed by atoms with Gasteiger partial charge in [0.25, 0.3) is 5.91 Å². The zero-order chi connectivity index (χ0) is 12.4. The Morgan fingerprint density at radius 3 is 2.88 bits per heavy atom. The molecule has 0 saturated heterocycles. The fourth-order valence-corrected chi connectivity index (χ4v) is 1.97. The van der Waals surface area contributed by atoms with Gasteiger partial charge in [0.15, 0.2) is 6.10 Å². The van der Waals surface area contributed by atoms with E-state index in [4.69, 9.17) is 16.3 Å². The van der Waals surface area contributed by atoms with E-state index >= 15 is 0 Å². The summed E-state index contributed by atoms with van der Waals surface area (Å²) in [6.07, 6.45) is 0.828. The van der Waals surface area contributed by atoms with Crippen LogP contribution in [0.25, 0.3) is 0 Å². The van der Waals surface area contributed by atoms with Gasteiger partial charge in [0, 0.05) is 13.3 Å². The summed E-state index contributed by atoms with van der Waals surface area (Å²) in [6.45, 7) is 1.96. The fraction of sp³-hybridized carbons (Fsp3) is 0.333. The number of rotatable bonds is 2. The molecular weight excluding hydrogens is 240 g/mol. The second kappa shape index (κ2) is 4.85. The van der Waals surface area contributed by atoms with Gasteiger partial charge in [0.1, 0.15) is 5.38 Å². The van der Waals surface area contributed by atoms with E-state index in [-0.39, 0.29) is 5.91 Å². The number of halogens is 1. The highest BCUT2D eigenvalue weighted by molar-refractivity contribution is 6.31. The van der Waals surface area contributed by atoms with Crippen LogP contribution in [0.2, 0.25) is 0 Å². The molecule has 0 spiro atoms. The third kappa shape index (κ3) is 2.33. The van der Waals surface area contributed by atoms with E-state index in [0.29, 0.717) is 0 Å². The van der Waals surface area contributed by atoms with Crippen molar-refractivity contribution in [3.8, 4) is 0 Å². The van der Waals surface area contributed by atoms with Crippen LogP contribution in [-0.2, 0) is 9.53 Å². The van der Waals surface area contributed by atoms with Gasteiger partial charge in [-0.15, -0.1) is 11.6 Å². The van der Waals surface area contributed by atoms with E-state index in [9.17, 15) is 4.79 Å². The Balaban J connectivity index is 2.34. The lowest BCUT2D eigenvalue weighted by Gasteiger charge is -2.28. The van der Waals surface area contributed by atoms with E-state index < -0.39 is 11.5 Å². The van der Waals surface area contributed by atoms with E-state index in [2.05, 4.69) is 5.10 Å². The number of alkyl halides is 1. The Hall–Kier alpha value is -1.39. The highest BCUT2D eigenvalue weighted by Crippen LogP contribution is 2.22. The first-order valence-electron chi connectivity index (χ1n) is 5.25. The van der Waals surface area contributed by atoms with Crippen molar-refractivity contribution in [1.29, 1.82) is 0 Å². The fourth-order valence-electron chi connectivity index (χ4n) is 1.71. The molecule has 2 rings (SSSR count). The number of anilines is 1. The zero-order valence-electron chi connectivity index (χ0n) is 9.63. The molecule has 1 heterocycles. The van der Waals surface area contributed by atoms with Gasteiger partial charge in [-0.05, 0) is 24.6 Å². The monoisotopic (exact) mass is 252 g/mol. The van der Waals surface area contributed by atoms with Crippen molar-refractivity contribution < 1.29 is 9.53 Å². The predicted molar refractivity (Wildman–Crippen MR) is 67.6 cm³/mol. The molecule has 17 heavy (non-hydrogen) atoms. The second-order valence-electron chi connectivity index (χ2n) is 3.85. The van der Waals surface area contributed by atoms with Gasteiger partial charge in [-0.1, -0.05) is 12.1 Å². The molecule has 0 aromatic heterocycles. The molecule has 0 radical (unpaired) electrons. The summed E-state index contributed by atoms with van der Waals surface area (Å²) in [5.74, 6) is -0.249. The summed E-state index contributed by atoms with van der Waals surface area (Å²) >= 11 is 5.94. The summed E-state index contributed by atoms with van der Waals surface area (Å²) in [5, 5.41) is 4.85. The molecule has 0 N–H and O–H groups in total. The highest BCUT2D eigenvalue weighted by atomic mass is 35.5. The van der Waals surface area contributed by atoms with Gasteiger partial charge in [-0.3, -0.25) is 4.79 Å². The maximum atomic E-state index is 12.1. The molecule has 1 aromatic carbocycles. The van der Waals surface area contributed by atoms with Gasteiger partial charge in [0.05, 0.1) is 5.69 Å². The Morgan fingerprint density at radius 2 is 2.24 bits per heavy atom. The van der Waals surface area contributed by atoms with Crippen LogP contribution in [0.4, 0.5) is 5.69 Å². The third-order valence-electron chi connectivity index (χ3n) is 2.57. The van der Waals surface area contributed by atoms with Crippen LogP contribution < -0.4 is 5.01 Å². The van der Waals surface area contributed by atoms with Crippen molar-refractivity contribution in [2.45, 2.75) is 18.4 Å². The summed E-state index contributed by atoms with van der Waals surface area (Å²) in [6, 6.07) is 7.54. The molecule has 2 unspecified atom stereocenters. The largest absolute Gasteiger partial charge is 0.370 e. The number of benzene rings is 1. The maximum Gasteiger partial charge on any atom is 0.278 e. The molecule has 0 saturated carbocycles. The minimum absolute atomic E-state index is 0.249. The number of amides is 1. The van der Waals surface area contributed by atoms with E-state index in [1.165, 1.54) is 18.3 Å². The van der Waals surface area contributed by atoms with Crippen LogP contribution in [0.5, 0.6) is 0 Å².